The Labute approximate surface area is 142 Å². The maximum Gasteiger partial charge on any atom is 0.273 e. The zero-order valence-corrected chi connectivity index (χ0v) is 13.9. The first-order valence-corrected chi connectivity index (χ1v) is 7.28. The van der Waals surface area contributed by atoms with Crippen molar-refractivity contribution in [3.05, 3.63) is 18.1 Å². The number of anilines is 1. The lowest BCUT2D eigenvalue weighted by atomic mass is 9.67. The van der Waals surface area contributed by atoms with Gasteiger partial charge in [-0.05, 0) is 37.5 Å². The minimum atomic E-state index is -0.215. The van der Waals surface area contributed by atoms with Crippen LogP contribution in [0.1, 0.15) is 42.6 Å². The molecular formula is C14H23Cl2N5O. The lowest BCUT2D eigenvalue weighted by Crippen LogP contribution is -2.53. The zero-order chi connectivity index (χ0) is 14.1. The number of nitrogens with one attached hydrogen (secondary N) is 1. The summed E-state index contributed by atoms with van der Waals surface area (Å²) in [4.78, 5) is 20.3. The van der Waals surface area contributed by atoms with Crippen molar-refractivity contribution < 1.29 is 4.79 Å². The van der Waals surface area contributed by atoms with Gasteiger partial charge in [-0.25, -0.2) is 9.97 Å². The van der Waals surface area contributed by atoms with E-state index in [-0.39, 0.29) is 54.3 Å². The molecule has 2 aliphatic rings. The summed E-state index contributed by atoms with van der Waals surface area (Å²) in [5.41, 5.74) is 12.0. The van der Waals surface area contributed by atoms with Crippen LogP contribution in [0.2, 0.25) is 0 Å². The average molecular weight is 348 g/mol. The van der Waals surface area contributed by atoms with Gasteiger partial charge in [0.05, 0.1) is 0 Å². The van der Waals surface area contributed by atoms with Crippen LogP contribution in [0.5, 0.6) is 0 Å². The predicted molar refractivity (Wildman–Crippen MR) is 90.2 cm³/mol. The number of nitrogen functional groups attached to an aromatic ring is 1. The lowest BCUT2D eigenvalue weighted by molar-refractivity contribution is 0.0752. The summed E-state index contributed by atoms with van der Waals surface area (Å²) in [6.07, 6.45) is 8.50. The molecule has 2 saturated carbocycles. The van der Waals surface area contributed by atoms with Gasteiger partial charge < -0.3 is 16.8 Å². The third kappa shape index (κ3) is 3.80. The SMILES string of the molecule is Cl.Cl.Nc1nccnc1C(=O)NC1C2CCCC1CC(N)C2. The third-order valence-electron chi connectivity index (χ3n) is 4.62. The second kappa shape index (κ2) is 7.94. The van der Waals surface area contributed by atoms with E-state index in [1.54, 1.807) is 0 Å². The van der Waals surface area contributed by atoms with E-state index in [0.29, 0.717) is 11.8 Å². The van der Waals surface area contributed by atoms with E-state index in [0.717, 1.165) is 25.7 Å². The highest BCUT2D eigenvalue weighted by Gasteiger charge is 2.40. The molecule has 0 spiro atoms. The first-order valence-electron chi connectivity index (χ1n) is 7.28. The van der Waals surface area contributed by atoms with Gasteiger partial charge in [-0.1, -0.05) is 6.42 Å². The molecule has 6 nitrogen and oxygen atoms in total. The van der Waals surface area contributed by atoms with Crippen LogP contribution in [0, 0.1) is 11.8 Å². The fourth-order valence-corrected chi connectivity index (χ4v) is 3.77. The van der Waals surface area contributed by atoms with E-state index in [1.165, 1.54) is 18.8 Å². The maximum absolute atomic E-state index is 12.3. The van der Waals surface area contributed by atoms with E-state index >= 15 is 0 Å². The second-order valence-corrected chi connectivity index (χ2v) is 5.97. The molecule has 0 aromatic carbocycles. The average Bonchev–Trinajstić information content (AvgIpc) is 2.40. The van der Waals surface area contributed by atoms with Crippen molar-refractivity contribution in [3.8, 4) is 0 Å². The molecule has 22 heavy (non-hydrogen) atoms. The maximum atomic E-state index is 12.3. The Morgan fingerprint density at radius 3 is 2.32 bits per heavy atom. The summed E-state index contributed by atoms with van der Waals surface area (Å²) in [6.45, 7) is 0. The number of carbonyl (C=O) groups excluding carboxylic acids is 1. The summed E-state index contributed by atoms with van der Waals surface area (Å²) >= 11 is 0. The van der Waals surface area contributed by atoms with Gasteiger partial charge in [0, 0.05) is 24.5 Å². The van der Waals surface area contributed by atoms with Gasteiger partial charge in [-0.3, -0.25) is 4.79 Å². The molecule has 0 radical (unpaired) electrons. The molecule has 3 rings (SSSR count). The Hall–Kier alpha value is -1.11. The molecule has 2 atom stereocenters. The van der Waals surface area contributed by atoms with Crippen LogP contribution < -0.4 is 16.8 Å². The first-order chi connectivity index (χ1) is 9.65. The van der Waals surface area contributed by atoms with Gasteiger partial charge in [0.2, 0.25) is 0 Å². The molecule has 124 valence electrons. The molecule has 2 unspecified atom stereocenters. The topological polar surface area (TPSA) is 107 Å². The Bertz CT molecular complexity index is 502. The van der Waals surface area contributed by atoms with Crippen LogP contribution in [0.4, 0.5) is 5.82 Å². The zero-order valence-electron chi connectivity index (χ0n) is 12.3. The molecule has 5 N–H and O–H groups in total. The van der Waals surface area contributed by atoms with Crippen molar-refractivity contribution in [3.63, 3.8) is 0 Å². The predicted octanol–water partition coefficient (Wildman–Crippen LogP) is 1.54. The Kier molecular flexibility index (Phi) is 6.84. The molecule has 0 aliphatic heterocycles. The standard InChI is InChI=1S/C14H21N5O.2ClH/c15-10-6-8-2-1-3-9(7-10)11(8)19-14(20)12-13(16)18-5-4-17-12;;/h4-5,8-11H,1-3,6-7,15H2,(H2,16,18)(H,19,20);2*1H. The second-order valence-electron chi connectivity index (χ2n) is 5.97. The van der Waals surface area contributed by atoms with E-state index in [1.807, 2.05) is 0 Å². The number of aromatic nitrogens is 2. The molecule has 2 aliphatic carbocycles. The van der Waals surface area contributed by atoms with E-state index in [4.69, 9.17) is 11.5 Å². The summed E-state index contributed by atoms with van der Waals surface area (Å²) in [5, 5.41) is 3.12. The Morgan fingerprint density at radius 2 is 1.73 bits per heavy atom. The number of hydrogen-bond donors (Lipinski definition) is 3. The summed E-state index contributed by atoms with van der Waals surface area (Å²) in [6, 6.07) is 0.484. The monoisotopic (exact) mass is 347 g/mol. The van der Waals surface area contributed by atoms with Crippen molar-refractivity contribution in [2.45, 2.75) is 44.2 Å². The molecule has 8 heteroatoms. The first kappa shape index (κ1) is 18.9. The molecule has 1 heterocycles. The van der Waals surface area contributed by atoms with E-state index < -0.39 is 0 Å². The van der Waals surface area contributed by atoms with Crippen molar-refractivity contribution in [2.24, 2.45) is 17.6 Å². The summed E-state index contributed by atoms with van der Waals surface area (Å²) in [7, 11) is 0. The minimum Gasteiger partial charge on any atom is -0.382 e. The van der Waals surface area contributed by atoms with Crippen LogP contribution in [0.15, 0.2) is 12.4 Å². The number of halogens is 2. The number of carbonyl (C=O) groups is 1. The summed E-state index contributed by atoms with van der Waals surface area (Å²) in [5.74, 6) is 0.939. The third-order valence-corrected chi connectivity index (χ3v) is 4.62. The van der Waals surface area contributed by atoms with Crippen molar-refractivity contribution >= 4 is 36.5 Å². The number of rotatable bonds is 2. The van der Waals surface area contributed by atoms with Crippen molar-refractivity contribution in [1.82, 2.24) is 15.3 Å². The molecule has 2 fully saturated rings. The van der Waals surface area contributed by atoms with E-state index in [2.05, 4.69) is 15.3 Å². The lowest BCUT2D eigenvalue weighted by Gasteiger charge is -2.45. The normalized spacial score (nSPS) is 29.7. The number of amides is 1. The quantitative estimate of drug-likeness (QED) is 0.752. The van der Waals surface area contributed by atoms with Crippen LogP contribution >= 0.6 is 24.8 Å². The number of nitrogens with zero attached hydrogens (tertiary/aromatic N) is 2. The van der Waals surface area contributed by atoms with Crippen LogP contribution in [-0.2, 0) is 0 Å². The van der Waals surface area contributed by atoms with Gasteiger partial charge in [-0.2, -0.15) is 0 Å². The molecule has 1 amide bonds. The summed E-state index contributed by atoms with van der Waals surface area (Å²) < 4.78 is 0. The van der Waals surface area contributed by atoms with Crippen LogP contribution in [0.25, 0.3) is 0 Å². The largest absolute Gasteiger partial charge is 0.382 e. The van der Waals surface area contributed by atoms with Gasteiger partial charge in [0.15, 0.2) is 11.5 Å². The molecular weight excluding hydrogens is 325 g/mol. The highest BCUT2D eigenvalue weighted by Crippen LogP contribution is 2.39. The highest BCUT2D eigenvalue weighted by atomic mass is 35.5. The number of fused-ring (bicyclic) bond motifs is 2. The van der Waals surface area contributed by atoms with Gasteiger partial charge in [0.1, 0.15) is 0 Å². The van der Waals surface area contributed by atoms with Crippen molar-refractivity contribution in [1.29, 1.82) is 0 Å². The highest BCUT2D eigenvalue weighted by molar-refractivity contribution is 5.96. The van der Waals surface area contributed by atoms with E-state index in [9.17, 15) is 4.79 Å². The van der Waals surface area contributed by atoms with Crippen LogP contribution in [-0.4, -0.2) is 28.0 Å². The molecule has 0 saturated heterocycles. The minimum absolute atomic E-state index is 0. The van der Waals surface area contributed by atoms with Crippen LogP contribution in [0.3, 0.4) is 0 Å². The van der Waals surface area contributed by atoms with Gasteiger partial charge >= 0.3 is 0 Å². The number of hydrogen-bond acceptors (Lipinski definition) is 5. The Morgan fingerprint density at radius 1 is 1.14 bits per heavy atom. The Balaban J connectivity index is 0.00000121. The van der Waals surface area contributed by atoms with Gasteiger partial charge in [-0.15, -0.1) is 24.8 Å². The van der Waals surface area contributed by atoms with Gasteiger partial charge in [0.25, 0.3) is 5.91 Å². The smallest absolute Gasteiger partial charge is 0.273 e. The molecule has 1 aromatic heterocycles. The fraction of sp³-hybridized carbons (Fsp3) is 0.643. The number of nitrogens with two attached hydrogens (primary N) is 2. The molecule has 1 aromatic rings. The fourth-order valence-electron chi connectivity index (χ4n) is 3.77. The van der Waals surface area contributed by atoms with Crippen molar-refractivity contribution in [2.75, 3.05) is 5.73 Å². The molecule has 2 bridgehead atoms.